The number of aromatic nitrogens is 4. The van der Waals surface area contributed by atoms with Crippen LogP contribution in [0.25, 0.3) is 33.0 Å². The summed E-state index contributed by atoms with van der Waals surface area (Å²) in [5.41, 5.74) is 2.05. The maximum Gasteiger partial charge on any atom is 0.260 e. The van der Waals surface area contributed by atoms with Gasteiger partial charge in [-0.3, -0.25) is 14.8 Å². The van der Waals surface area contributed by atoms with Gasteiger partial charge in [-0.05, 0) is 24.3 Å². The molecule has 4 rings (SSSR count). The predicted octanol–water partition coefficient (Wildman–Crippen LogP) is 3.11. The Morgan fingerprint density at radius 1 is 0.955 bits per heavy atom. The molecule has 4 aromatic heterocycles. The second-order valence-electron chi connectivity index (χ2n) is 4.67. The summed E-state index contributed by atoms with van der Waals surface area (Å²) >= 11 is 1.43. The molecule has 22 heavy (non-hydrogen) atoms. The second-order valence-corrected chi connectivity index (χ2v) is 5.53. The van der Waals surface area contributed by atoms with Crippen molar-refractivity contribution in [2.75, 3.05) is 0 Å². The van der Waals surface area contributed by atoms with E-state index in [0.717, 1.165) is 11.3 Å². The monoisotopic (exact) mass is 306 g/mol. The van der Waals surface area contributed by atoms with Crippen LogP contribution in [-0.4, -0.2) is 19.9 Å². The van der Waals surface area contributed by atoms with Crippen LogP contribution in [0.4, 0.5) is 0 Å². The summed E-state index contributed by atoms with van der Waals surface area (Å²) in [7, 11) is 0. The van der Waals surface area contributed by atoms with E-state index in [1.165, 1.54) is 11.3 Å². The fraction of sp³-hybridized carbons (Fsp3) is 0. The molecular weight excluding hydrogens is 296 g/mol. The van der Waals surface area contributed by atoms with Gasteiger partial charge in [0.25, 0.3) is 5.56 Å². The van der Waals surface area contributed by atoms with E-state index in [-0.39, 0.29) is 5.56 Å². The molecule has 0 aromatic carbocycles. The third-order valence-electron chi connectivity index (χ3n) is 3.29. The highest BCUT2D eigenvalue weighted by Gasteiger charge is 2.14. The molecule has 0 fully saturated rings. The lowest BCUT2D eigenvalue weighted by Crippen LogP contribution is -2.09. The molecule has 0 saturated heterocycles. The van der Waals surface area contributed by atoms with E-state index in [1.54, 1.807) is 12.4 Å². The Labute approximate surface area is 129 Å². The summed E-state index contributed by atoms with van der Waals surface area (Å²) < 4.78 is 0. The molecule has 0 radical (unpaired) electrons. The molecule has 106 valence electrons. The highest BCUT2D eigenvalue weighted by molar-refractivity contribution is 7.17. The average molecular weight is 306 g/mol. The molecule has 0 atom stereocenters. The van der Waals surface area contributed by atoms with E-state index < -0.39 is 0 Å². The van der Waals surface area contributed by atoms with Crippen molar-refractivity contribution in [3.05, 3.63) is 64.5 Å². The molecule has 5 nitrogen and oxygen atoms in total. The summed E-state index contributed by atoms with van der Waals surface area (Å²) in [6.07, 6.45) is 3.38. The number of aromatic amines is 1. The summed E-state index contributed by atoms with van der Waals surface area (Å²) in [6, 6.07) is 11.1. The van der Waals surface area contributed by atoms with Gasteiger partial charge in [0.05, 0.1) is 11.1 Å². The molecule has 1 N–H and O–H groups in total. The van der Waals surface area contributed by atoms with E-state index in [1.807, 2.05) is 41.8 Å². The first-order valence-corrected chi connectivity index (χ1v) is 7.55. The number of rotatable bonds is 2. The van der Waals surface area contributed by atoms with Crippen molar-refractivity contribution >= 4 is 21.6 Å². The number of pyridine rings is 2. The van der Waals surface area contributed by atoms with Crippen molar-refractivity contribution in [3.8, 4) is 22.8 Å². The first-order chi connectivity index (χ1) is 10.8. The van der Waals surface area contributed by atoms with Crippen LogP contribution in [0.15, 0.2) is 59.0 Å². The fourth-order valence-corrected chi connectivity index (χ4v) is 3.22. The molecule has 0 aliphatic carbocycles. The molecule has 0 unspecified atom stereocenters. The average Bonchev–Trinajstić information content (AvgIpc) is 3.01. The lowest BCUT2D eigenvalue weighted by atomic mass is 10.1. The minimum Gasteiger partial charge on any atom is -0.305 e. The van der Waals surface area contributed by atoms with Crippen LogP contribution < -0.4 is 5.56 Å². The minimum atomic E-state index is -0.174. The van der Waals surface area contributed by atoms with E-state index in [4.69, 9.17) is 0 Å². The normalized spacial score (nSPS) is 10.9. The number of nitrogens with one attached hydrogen (secondary N) is 1. The zero-order chi connectivity index (χ0) is 14.9. The lowest BCUT2D eigenvalue weighted by molar-refractivity contribution is 1.15. The number of hydrogen-bond acceptors (Lipinski definition) is 5. The Morgan fingerprint density at radius 2 is 1.68 bits per heavy atom. The Hall–Kier alpha value is -2.86. The maximum absolute atomic E-state index is 12.5. The van der Waals surface area contributed by atoms with Crippen LogP contribution in [0.3, 0.4) is 0 Å². The summed E-state index contributed by atoms with van der Waals surface area (Å²) in [6.45, 7) is 0. The molecule has 0 aliphatic rings. The molecular formula is C16H10N4OS. The summed E-state index contributed by atoms with van der Waals surface area (Å²) in [5.74, 6) is 0.479. The molecule has 0 bridgehead atoms. The number of fused-ring (bicyclic) bond motifs is 1. The molecule has 0 spiro atoms. The Bertz CT molecular complexity index is 993. The van der Waals surface area contributed by atoms with Crippen LogP contribution >= 0.6 is 11.3 Å². The Balaban J connectivity index is 1.94. The first kappa shape index (κ1) is 12.8. The zero-order valence-electron chi connectivity index (χ0n) is 11.4. The van der Waals surface area contributed by atoms with Gasteiger partial charge in [0.15, 0.2) is 5.82 Å². The van der Waals surface area contributed by atoms with Gasteiger partial charge in [-0.25, -0.2) is 4.98 Å². The minimum absolute atomic E-state index is 0.174. The second kappa shape index (κ2) is 5.16. The summed E-state index contributed by atoms with van der Waals surface area (Å²) in [5, 5.41) is 2.49. The lowest BCUT2D eigenvalue weighted by Gasteiger charge is -2.01. The van der Waals surface area contributed by atoms with Crippen LogP contribution in [0.2, 0.25) is 0 Å². The predicted molar refractivity (Wildman–Crippen MR) is 86.7 cm³/mol. The number of thiophene rings is 1. The SMILES string of the molecule is O=c1[nH]c(-c2ccccn2)nc2scc(-c3ccccn3)c12. The van der Waals surface area contributed by atoms with Crippen molar-refractivity contribution in [2.24, 2.45) is 0 Å². The van der Waals surface area contributed by atoms with E-state index >= 15 is 0 Å². The van der Waals surface area contributed by atoms with Crippen LogP contribution in [0, 0.1) is 0 Å². The van der Waals surface area contributed by atoms with Gasteiger partial charge >= 0.3 is 0 Å². The third-order valence-corrected chi connectivity index (χ3v) is 4.16. The molecule has 0 amide bonds. The van der Waals surface area contributed by atoms with E-state index in [0.29, 0.717) is 21.7 Å². The highest BCUT2D eigenvalue weighted by atomic mass is 32.1. The van der Waals surface area contributed by atoms with Gasteiger partial charge in [-0.2, -0.15) is 0 Å². The fourth-order valence-electron chi connectivity index (χ4n) is 2.28. The van der Waals surface area contributed by atoms with E-state index in [2.05, 4.69) is 19.9 Å². The van der Waals surface area contributed by atoms with Crippen LogP contribution in [0.1, 0.15) is 0 Å². The molecule has 6 heteroatoms. The van der Waals surface area contributed by atoms with Gasteiger partial charge in [-0.1, -0.05) is 12.1 Å². The van der Waals surface area contributed by atoms with Gasteiger partial charge in [0.2, 0.25) is 0 Å². The van der Waals surface area contributed by atoms with Crippen LogP contribution in [0.5, 0.6) is 0 Å². The maximum atomic E-state index is 12.5. The van der Waals surface area contributed by atoms with Gasteiger partial charge < -0.3 is 4.98 Å². The van der Waals surface area contributed by atoms with E-state index in [9.17, 15) is 4.79 Å². The number of nitrogens with zero attached hydrogens (tertiary/aromatic N) is 3. The number of hydrogen-bond donors (Lipinski definition) is 1. The largest absolute Gasteiger partial charge is 0.305 e. The topological polar surface area (TPSA) is 71.5 Å². The Morgan fingerprint density at radius 3 is 2.36 bits per heavy atom. The van der Waals surface area contributed by atoms with Gasteiger partial charge in [0, 0.05) is 23.3 Å². The molecule has 0 aliphatic heterocycles. The van der Waals surface area contributed by atoms with Crippen molar-refractivity contribution in [3.63, 3.8) is 0 Å². The standard InChI is InChI=1S/C16H10N4OS/c21-15-13-10(11-5-1-3-7-17-11)9-22-16(13)20-14(19-15)12-6-2-4-8-18-12/h1-9H,(H,19,20,21). The summed E-state index contributed by atoms with van der Waals surface area (Å²) in [4.78, 5) is 29.0. The van der Waals surface area contributed by atoms with Crippen LogP contribution in [-0.2, 0) is 0 Å². The zero-order valence-corrected chi connectivity index (χ0v) is 12.2. The van der Waals surface area contributed by atoms with Crippen molar-refractivity contribution in [1.29, 1.82) is 0 Å². The molecule has 4 heterocycles. The van der Waals surface area contributed by atoms with Gasteiger partial charge in [-0.15, -0.1) is 11.3 Å². The first-order valence-electron chi connectivity index (χ1n) is 6.67. The third kappa shape index (κ3) is 2.10. The molecule has 0 saturated carbocycles. The van der Waals surface area contributed by atoms with Crippen molar-refractivity contribution < 1.29 is 0 Å². The quantitative estimate of drug-likeness (QED) is 0.617. The smallest absolute Gasteiger partial charge is 0.260 e. The van der Waals surface area contributed by atoms with Crippen molar-refractivity contribution in [2.45, 2.75) is 0 Å². The van der Waals surface area contributed by atoms with Gasteiger partial charge in [0.1, 0.15) is 10.5 Å². The number of H-pyrrole nitrogens is 1. The Kier molecular flexibility index (Phi) is 3.01. The highest BCUT2D eigenvalue weighted by Crippen LogP contribution is 2.29. The molecule has 4 aromatic rings. The van der Waals surface area contributed by atoms with Crippen molar-refractivity contribution in [1.82, 2.24) is 19.9 Å².